The van der Waals surface area contributed by atoms with Crippen LogP contribution in [0.3, 0.4) is 0 Å². The third-order valence-corrected chi connectivity index (χ3v) is 2.42. The third kappa shape index (κ3) is 2.45. The number of hydrogen-bond donors (Lipinski definition) is 2. The van der Waals surface area contributed by atoms with E-state index in [4.69, 9.17) is 15.7 Å². The molecule has 88 valence electrons. The molecule has 0 heterocycles. The van der Waals surface area contributed by atoms with Gasteiger partial charge in [0.25, 0.3) is 0 Å². The van der Waals surface area contributed by atoms with Crippen molar-refractivity contribution >= 4 is 11.9 Å². The molecule has 0 aliphatic heterocycles. The summed E-state index contributed by atoms with van der Waals surface area (Å²) in [6, 6.07) is 1.83. The van der Waals surface area contributed by atoms with Crippen LogP contribution in [0.25, 0.3) is 0 Å². The van der Waals surface area contributed by atoms with Gasteiger partial charge in [-0.25, -0.2) is 0 Å². The number of ether oxygens (including phenoxy) is 1. The van der Waals surface area contributed by atoms with E-state index >= 15 is 0 Å². The average Bonchev–Trinajstić information content (AvgIpc) is 2.24. The molecule has 0 radical (unpaired) electrons. The Kier molecular flexibility index (Phi) is 4.17. The molecule has 4 heteroatoms. The highest BCUT2D eigenvalue weighted by molar-refractivity contribution is 5.90. The van der Waals surface area contributed by atoms with E-state index in [2.05, 4.69) is 12.1 Å². The van der Waals surface area contributed by atoms with E-state index in [1.54, 1.807) is 0 Å². The number of anilines is 1. The normalized spacial score (nSPS) is 10.9. The number of aryl methyl sites for hydroxylation is 1. The number of nitrogens with two attached hydrogens (primary N) is 1. The van der Waals surface area contributed by atoms with Gasteiger partial charge in [0.2, 0.25) is 0 Å². The van der Waals surface area contributed by atoms with Crippen molar-refractivity contribution in [3.05, 3.63) is 22.8 Å². The van der Waals surface area contributed by atoms with E-state index < -0.39 is 0 Å². The van der Waals surface area contributed by atoms with Crippen molar-refractivity contribution in [1.29, 1.82) is 0 Å². The highest BCUT2D eigenvalue weighted by Crippen LogP contribution is 2.29. The van der Waals surface area contributed by atoms with Gasteiger partial charge in [-0.05, 0) is 31.9 Å². The van der Waals surface area contributed by atoms with Crippen LogP contribution in [0.2, 0.25) is 0 Å². The number of hydrogen-bond acceptors (Lipinski definition) is 4. The highest BCUT2D eigenvalue weighted by Gasteiger charge is 2.11. The molecule has 0 fully saturated rings. The second-order valence-electron chi connectivity index (χ2n) is 3.74. The first-order chi connectivity index (χ1) is 7.61. The first-order valence-corrected chi connectivity index (χ1v) is 5.31. The number of oxime groups is 1. The van der Waals surface area contributed by atoms with Crippen molar-refractivity contribution in [3.63, 3.8) is 0 Å². The van der Waals surface area contributed by atoms with Gasteiger partial charge in [-0.2, -0.15) is 0 Å². The summed E-state index contributed by atoms with van der Waals surface area (Å²) in [7, 11) is 0. The molecule has 0 saturated heterocycles. The third-order valence-electron chi connectivity index (χ3n) is 2.42. The van der Waals surface area contributed by atoms with Crippen LogP contribution >= 0.6 is 0 Å². The minimum atomic E-state index is 0.594. The second kappa shape index (κ2) is 5.39. The minimum Gasteiger partial charge on any atom is -0.493 e. The maximum Gasteiger partial charge on any atom is 0.125 e. The molecule has 1 aromatic carbocycles. The second-order valence-corrected chi connectivity index (χ2v) is 3.74. The summed E-state index contributed by atoms with van der Waals surface area (Å²) >= 11 is 0. The van der Waals surface area contributed by atoms with Crippen LogP contribution in [0.1, 0.15) is 30.0 Å². The van der Waals surface area contributed by atoms with Crippen molar-refractivity contribution in [2.45, 2.75) is 27.2 Å². The van der Waals surface area contributed by atoms with E-state index in [1.165, 1.54) is 6.21 Å². The van der Waals surface area contributed by atoms with Crippen LogP contribution < -0.4 is 10.5 Å². The summed E-state index contributed by atoms with van der Waals surface area (Å²) in [5.41, 5.74) is 9.05. The zero-order chi connectivity index (χ0) is 12.1. The quantitative estimate of drug-likeness (QED) is 0.356. The lowest BCUT2D eigenvalue weighted by atomic mass is 10.0. The summed E-state index contributed by atoms with van der Waals surface area (Å²) in [5, 5.41) is 11.6. The van der Waals surface area contributed by atoms with Crippen molar-refractivity contribution < 1.29 is 9.94 Å². The fraction of sp³-hybridized carbons (Fsp3) is 0.417. The van der Waals surface area contributed by atoms with Gasteiger partial charge < -0.3 is 15.7 Å². The summed E-state index contributed by atoms with van der Waals surface area (Å²) in [5.74, 6) is 0.825. The molecule has 0 spiro atoms. The number of nitrogens with zero attached hydrogens (tertiary/aromatic N) is 1. The Labute approximate surface area is 95.7 Å². The molecular formula is C12H18N2O2. The Morgan fingerprint density at radius 3 is 2.75 bits per heavy atom. The predicted octanol–water partition coefficient (Wildman–Crippen LogP) is 2.48. The molecule has 0 bridgehead atoms. The number of rotatable bonds is 4. The first kappa shape index (κ1) is 12.4. The van der Waals surface area contributed by atoms with E-state index in [1.807, 2.05) is 19.9 Å². The zero-order valence-corrected chi connectivity index (χ0v) is 9.95. The molecule has 0 aliphatic rings. The number of nitrogen functional groups attached to an aromatic ring is 1. The SMILES string of the molecule is CCCOc1c(C)cc(N)c(/C=N\O)c1C. The van der Waals surface area contributed by atoms with Crippen molar-refractivity contribution in [3.8, 4) is 5.75 Å². The summed E-state index contributed by atoms with van der Waals surface area (Å²) in [4.78, 5) is 0. The topological polar surface area (TPSA) is 67.8 Å². The maximum atomic E-state index is 8.58. The van der Waals surface area contributed by atoms with Gasteiger partial charge in [0.05, 0.1) is 12.8 Å². The molecule has 0 saturated carbocycles. The van der Waals surface area contributed by atoms with Crippen molar-refractivity contribution in [1.82, 2.24) is 0 Å². The van der Waals surface area contributed by atoms with Crippen LogP contribution in [0.5, 0.6) is 5.75 Å². The van der Waals surface area contributed by atoms with Gasteiger partial charge in [0.1, 0.15) is 5.75 Å². The minimum absolute atomic E-state index is 0.594. The molecule has 0 aliphatic carbocycles. The van der Waals surface area contributed by atoms with E-state index in [-0.39, 0.29) is 0 Å². The summed E-state index contributed by atoms with van der Waals surface area (Å²) < 4.78 is 5.66. The van der Waals surface area contributed by atoms with Crippen molar-refractivity contribution in [2.75, 3.05) is 12.3 Å². The van der Waals surface area contributed by atoms with Crippen molar-refractivity contribution in [2.24, 2.45) is 5.16 Å². The van der Waals surface area contributed by atoms with Gasteiger partial charge in [-0.15, -0.1) is 0 Å². The smallest absolute Gasteiger partial charge is 0.125 e. The Morgan fingerprint density at radius 2 is 2.19 bits per heavy atom. The number of benzene rings is 1. The molecule has 0 aromatic heterocycles. The average molecular weight is 222 g/mol. The van der Waals surface area contributed by atoms with Crippen LogP contribution in [0, 0.1) is 13.8 Å². The Bertz CT molecular complexity index is 400. The standard InChI is InChI=1S/C12H18N2O2/c1-4-5-16-12-8(2)6-11(13)10(7-14-15)9(12)3/h6-7,15H,4-5,13H2,1-3H3/b14-7-. The van der Waals surface area contributed by atoms with Gasteiger partial charge in [-0.3, -0.25) is 0 Å². The predicted molar refractivity (Wildman–Crippen MR) is 65.5 cm³/mol. The van der Waals surface area contributed by atoms with Crippen LogP contribution in [-0.2, 0) is 0 Å². The highest BCUT2D eigenvalue weighted by atomic mass is 16.5. The molecule has 4 nitrogen and oxygen atoms in total. The fourth-order valence-electron chi connectivity index (χ4n) is 1.67. The molecule has 0 atom stereocenters. The molecule has 1 rings (SSSR count). The molecule has 0 unspecified atom stereocenters. The Morgan fingerprint density at radius 1 is 1.50 bits per heavy atom. The lowest BCUT2D eigenvalue weighted by molar-refractivity contribution is 0.313. The molecule has 1 aromatic rings. The zero-order valence-electron chi connectivity index (χ0n) is 9.95. The van der Waals surface area contributed by atoms with E-state index in [0.717, 1.165) is 23.3 Å². The van der Waals surface area contributed by atoms with Gasteiger partial charge in [0, 0.05) is 16.8 Å². The molecule has 0 amide bonds. The van der Waals surface area contributed by atoms with E-state index in [9.17, 15) is 0 Å². The fourth-order valence-corrected chi connectivity index (χ4v) is 1.67. The summed E-state index contributed by atoms with van der Waals surface area (Å²) in [6.45, 7) is 6.58. The Balaban J connectivity index is 3.21. The van der Waals surface area contributed by atoms with Crippen LogP contribution in [0.15, 0.2) is 11.2 Å². The largest absolute Gasteiger partial charge is 0.493 e. The lowest BCUT2D eigenvalue weighted by Crippen LogP contribution is -2.04. The maximum absolute atomic E-state index is 8.58. The van der Waals surface area contributed by atoms with Gasteiger partial charge in [0.15, 0.2) is 0 Å². The first-order valence-electron chi connectivity index (χ1n) is 5.31. The van der Waals surface area contributed by atoms with Gasteiger partial charge >= 0.3 is 0 Å². The van der Waals surface area contributed by atoms with Crippen LogP contribution in [-0.4, -0.2) is 18.0 Å². The Hall–Kier alpha value is -1.71. The summed E-state index contributed by atoms with van der Waals surface area (Å²) in [6.07, 6.45) is 2.29. The monoisotopic (exact) mass is 222 g/mol. The molecule has 3 N–H and O–H groups in total. The lowest BCUT2D eigenvalue weighted by Gasteiger charge is -2.15. The molecular weight excluding hydrogens is 204 g/mol. The van der Waals surface area contributed by atoms with E-state index in [0.29, 0.717) is 17.9 Å². The molecule has 16 heavy (non-hydrogen) atoms. The van der Waals surface area contributed by atoms with Crippen LogP contribution in [0.4, 0.5) is 5.69 Å². The van der Waals surface area contributed by atoms with Gasteiger partial charge in [-0.1, -0.05) is 12.1 Å².